The van der Waals surface area contributed by atoms with Crippen LogP contribution in [0.1, 0.15) is 72.2 Å². The largest absolute Gasteiger partial charge is 0.397 e. The molecule has 0 bridgehead atoms. The fourth-order valence-electron chi connectivity index (χ4n) is 1.44. The lowest BCUT2D eigenvalue weighted by atomic mass is 9.99. The third-order valence-corrected chi connectivity index (χ3v) is 2.43. The third-order valence-electron chi connectivity index (χ3n) is 2.43. The highest BCUT2D eigenvalue weighted by Gasteiger charge is 2.26. The van der Waals surface area contributed by atoms with Gasteiger partial charge in [0.15, 0.2) is 1.41 Å². The van der Waals surface area contributed by atoms with E-state index in [1.54, 1.807) is 0 Å². The Labute approximate surface area is 170 Å². The van der Waals surface area contributed by atoms with E-state index in [-0.39, 0.29) is 0 Å². The van der Waals surface area contributed by atoms with E-state index in [2.05, 4.69) is 4.74 Å². The molecule has 4 nitrogen and oxygen atoms in total. The van der Waals surface area contributed by atoms with Crippen molar-refractivity contribution in [2.24, 2.45) is 0 Å². The van der Waals surface area contributed by atoms with Gasteiger partial charge in [0.1, 0.15) is 0 Å². The molecule has 0 atom stereocenters. The van der Waals surface area contributed by atoms with Gasteiger partial charge in [0, 0.05) is 61.5 Å². The summed E-state index contributed by atoms with van der Waals surface area (Å²) in [6.45, 7) is -20.0. The van der Waals surface area contributed by atoms with E-state index >= 15 is 0 Å². The van der Waals surface area contributed by atoms with Crippen LogP contribution in [-0.2, 0) is 11.1 Å². The normalized spacial score (nSPS) is 61.1. The zero-order valence-corrected chi connectivity index (χ0v) is 11.0. The first-order valence-corrected chi connectivity index (χ1v) is 5.85. The number of piperidine rings is 1. The van der Waals surface area contributed by atoms with Gasteiger partial charge in [0.05, 0.1) is 22.3 Å². The molecule has 0 radical (unpaired) electrons. The quantitative estimate of drug-likeness (QED) is 0.834. The first-order chi connectivity index (χ1) is 20.8. The summed E-state index contributed by atoms with van der Waals surface area (Å²) in [5.41, 5.74) is 1.78. The van der Waals surface area contributed by atoms with Gasteiger partial charge >= 0.3 is 0 Å². The van der Waals surface area contributed by atoms with Crippen LogP contribution in [0.15, 0.2) is 18.1 Å². The van der Waals surface area contributed by atoms with Gasteiger partial charge in [-0.25, -0.2) is 0 Å². The third kappa shape index (κ3) is 3.73. The fourth-order valence-corrected chi connectivity index (χ4v) is 1.44. The van der Waals surface area contributed by atoms with E-state index in [1.807, 2.05) is 0 Å². The molecule has 3 rings (SSSR count). The van der Waals surface area contributed by atoms with Crippen LogP contribution >= 0.6 is 0 Å². The van der Waals surface area contributed by atoms with E-state index in [4.69, 9.17) is 41.4 Å². The second kappa shape index (κ2) is 7.34. The van der Waals surface area contributed by atoms with Gasteiger partial charge in [-0.1, -0.05) is 12.9 Å². The Hall–Kier alpha value is -1.26. The molecule has 0 aromatic heterocycles. The van der Waals surface area contributed by atoms with E-state index < -0.39 is 122 Å². The van der Waals surface area contributed by atoms with Gasteiger partial charge in [-0.3, -0.25) is 0 Å². The highest BCUT2D eigenvalue weighted by Crippen LogP contribution is 2.25. The van der Waals surface area contributed by atoms with Crippen LogP contribution < -0.4 is 11.0 Å². The number of benzene rings is 1. The number of hydrogen-bond acceptors (Lipinski definition) is 4. The summed E-state index contributed by atoms with van der Waals surface area (Å²) < 4.78 is 221. The molecule has 0 amide bonds. The molecule has 2 fully saturated rings. The molecule has 3 N–H and O–H groups in total. The monoisotopic (exact) mass is 329 g/mol. The number of nitrogens with one attached hydrogen (secondary N) is 1. The van der Waals surface area contributed by atoms with Crippen molar-refractivity contribution in [3.05, 3.63) is 23.7 Å². The van der Waals surface area contributed by atoms with Crippen LogP contribution in [-0.4, -0.2) is 43.0 Å². The Morgan fingerprint density at radius 2 is 2.27 bits per heavy atom. The number of likely N-dealkylation sites (tertiary alicyclic amines) is 1. The van der Waals surface area contributed by atoms with Crippen molar-refractivity contribution in [2.45, 2.75) is 50.8 Å². The minimum absolute atomic E-state index is 0.750. The summed E-state index contributed by atoms with van der Waals surface area (Å²) in [5.74, 6) is 0. The molecule has 0 saturated carbocycles. The van der Waals surface area contributed by atoms with Crippen molar-refractivity contribution in [3.63, 3.8) is 0 Å². The van der Waals surface area contributed by atoms with Gasteiger partial charge in [0.25, 0.3) is 0 Å². The van der Waals surface area contributed by atoms with E-state index in [9.17, 15) is 0 Å². The van der Waals surface area contributed by atoms with E-state index in [0.29, 0.717) is 0 Å². The standard InChI is InChI=1S/C18H29N3O/c1-2-14-3-4-17(19)18(13-14)20-15-5-9-21(10-6-15)16-7-11-22-12-8-16/h3-4,13,15-16,20H,2,5-12,19H2,1H3/i1D2,2D2,3D,4D,5D2,6D2,7D2,8D2,9D2,10D2,11D2,12D2,13D,15D,16D/hD. The fraction of sp³-hybridized carbons (Fsp3) is 0.667. The summed E-state index contributed by atoms with van der Waals surface area (Å²) in [7, 11) is 0. The van der Waals surface area contributed by atoms with Crippen LogP contribution in [0.2, 0.25) is 1.41 Å². The number of nitrogen functional groups attached to an aromatic ring is 1. The van der Waals surface area contributed by atoms with Crippen molar-refractivity contribution in [1.82, 2.24) is 4.90 Å². The summed E-state index contributed by atoms with van der Waals surface area (Å²) >= 11 is 0. The Balaban J connectivity index is 2.53. The minimum Gasteiger partial charge on any atom is -0.397 e. The van der Waals surface area contributed by atoms with Crippen molar-refractivity contribution < 1.29 is 40.4 Å². The Bertz CT molecular complexity index is 1430. The van der Waals surface area contributed by atoms with Crippen molar-refractivity contribution in [2.75, 3.05) is 37.2 Å². The number of rotatable bonds is 4. The summed E-state index contributed by atoms with van der Waals surface area (Å²) in [4.78, 5) is -1.07. The average Bonchev–Trinajstić information content (AvgIpc) is 2.88. The number of anilines is 2. The topological polar surface area (TPSA) is 50.5 Å². The first kappa shape index (κ1) is 3.40. The van der Waals surface area contributed by atoms with Crippen molar-refractivity contribution in [3.8, 4) is 0 Å². The maximum atomic E-state index is 8.98. The zero-order chi connectivity index (χ0) is 38.4. The molecule has 0 spiro atoms. The molecule has 2 saturated heterocycles. The van der Waals surface area contributed by atoms with Gasteiger partial charge in [-0.2, -0.15) is 0 Å². The van der Waals surface area contributed by atoms with E-state index in [0.717, 1.165) is 0 Å². The number of nitrogens with zero attached hydrogens (tertiary/aromatic N) is 1. The first-order valence-electron chi connectivity index (χ1n) is 19.0. The second-order valence-corrected chi connectivity index (χ2v) is 3.83. The molecule has 4 heteroatoms. The predicted molar refractivity (Wildman–Crippen MR) is 92.3 cm³/mol. The van der Waals surface area contributed by atoms with E-state index in [1.165, 1.54) is 0 Å². The molecule has 0 aliphatic carbocycles. The zero-order valence-electron chi connectivity index (χ0n) is 37.0. The average molecular weight is 330 g/mol. The molecule has 22 heavy (non-hydrogen) atoms. The lowest BCUT2D eigenvalue weighted by Crippen LogP contribution is -2.46. The summed E-state index contributed by atoms with van der Waals surface area (Å²) in [5, 5.41) is -0.750. The molecule has 2 aliphatic rings. The molecular weight excluding hydrogens is 274 g/mol. The Morgan fingerprint density at radius 1 is 1.50 bits per heavy atom. The lowest BCUT2D eigenvalue weighted by Gasteiger charge is -2.39. The molecule has 2 heterocycles. The summed E-state index contributed by atoms with van der Waals surface area (Å²) in [6, 6.07) is -13.1. The number of nitrogens with two attached hydrogens (primary N) is 1. The van der Waals surface area contributed by atoms with Gasteiger partial charge in [-0.05, 0) is 49.5 Å². The summed E-state index contributed by atoms with van der Waals surface area (Å²) in [6.07, 6.45) is -21.3. The minimum atomic E-state index is -4.66. The predicted octanol–water partition coefficient (Wildman–Crippen LogP) is 2.89. The maximum Gasteiger partial charge on any atom is 0.160 e. The van der Waals surface area contributed by atoms with Gasteiger partial charge < -0.3 is 20.7 Å². The maximum absolute atomic E-state index is 8.98. The van der Waals surface area contributed by atoms with Gasteiger partial charge in [-0.15, -0.1) is 0 Å². The van der Waals surface area contributed by atoms with Crippen LogP contribution in [0.25, 0.3) is 0 Å². The van der Waals surface area contributed by atoms with Crippen LogP contribution in [0, 0.1) is 0 Å². The number of hydrogen-bond donors (Lipinski definition) is 2. The molecule has 122 valence electrons. The highest BCUT2D eigenvalue weighted by atomic mass is 16.5. The second-order valence-electron chi connectivity index (χ2n) is 3.83. The van der Waals surface area contributed by atoms with Crippen LogP contribution in [0.3, 0.4) is 0 Å². The highest BCUT2D eigenvalue weighted by molar-refractivity contribution is 5.67. The molecule has 0 unspecified atom stereocenters. The lowest BCUT2D eigenvalue weighted by molar-refractivity contribution is 0.0262. The molecule has 1 aromatic carbocycles. The SMILES string of the molecule is [2H]c1c([2H])c(C([2H])([2H])C([2H])[2H])c([2H])c(N([2H])C2([2H])C([2H])([2H])C([2H])([2H])N(C3([2H])C([2H])([2H])C([2H])([2H])OC([2H])([2H])C3([2H])[2H])C([2H])([2H])C2([2H])[2H])c1N. The Kier molecular flexibility index (Phi) is 1.13. The molecule has 1 aromatic rings. The van der Waals surface area contributed by atoms with Crippen LogP contribution in [0.5, 0.6) is 0 Å². The smallest absolute Gasteiger partial charge is 0.160 e. The van der Waals surface area contributed by atoms with Gasteiger partial charge in [0.2, 0.25) is 0 Å². The molecular formula is C18H29N3O. The van der Waals surface area contributed by atoms with Crippen molar-refractivity contribution >= 4 is 11.4 Å². The Morgan fingerprint density at radius 3 is 3.00 bits per heavy atom. The molecule has 2 aliphatic heterocycles. The van der Waals surface area contributed by atoms with Crippen molar-refractivity contribution in [1.29, 1.82) is 0 Å². The number of ether oxygens (including phenoxy) is 1. The van der Waals surface area contributed by atoms with Crippen LogP contribution in [0.4, 0.5) is 11.4 Å².